The van der Waals surface area contributed by atoms with Gasteiger partial charge in [-0.1, -0.05) is 42.0 Å². The molecule has 1 N–H and O–H groups in total. The molecule has 3 aromatic carbocycles. The van der Waals surface area contributed by atoms with Gasteiger partial charge in [0.25, 0.3) is 11.7 Å². The van der Waals surface area contributed by atoms with Crippen LogP contribution in [0, 0.1) is 19.7 Å². The number of benzene rings is 3. The van der Waals surface area contributed by atoms with Crippen molar-refractivity contribution in [1.29, 1.82) is 0 Å². The van der Waals surface area contributed by atoms with Crippen LogP contribution in [0.2, 0.25) is 0 Å². The Kier molecular flexibility index (Phi) is 6.51. The lowest BCUT2D eigenvalue weighted by Crippen LogP contribution is -2.29. The smallest absolute Gasteiger partial charge is 0.309 e. The van der Waals surface area contributed by atoms with E-state index in [0.717, 1.165) is 5.56 Å². The van der Waals surface area contributed by atoms with Gasteiger partial charge in [0.05, 0.1) is 25.1 Å². The summed E-state index contributed by atoms with van der Waals surface area (Å²) in [6, 6.07) is 17.1. The third-order valence-electron chi connectivity index (χ3n) is 6.02. The Labute approximate surface area is 202 Å². The van der Waals surface area contributed by atoms with Crippen LogP contribution in [0.15, 0.2) is 72.3 Å². The summed E-state index contributed by atoms with van der Waals surface area (Å²) < 4.78 is 18.5. The maximum Gasteiger partial charge on any atom is 0.309 e. The molecular formula is C28H24FNO5. The van der Waals surface area contributed by atoms with Crippen LogP contribution in [0.25, 0.3) is 5.76 Å². The van der Waals surface area contributed by atoms with Crippen LogP contribution in [0.5, 0.6) is 0 Å². The maximum absolute atomic E-state index is 13.8. The summed E-state index contributed by atoms with van der Waals surface area (Å²) in [4.78, 5) is 39.4. The second kappa shape index (κ2) is 9.54. The summed E-state index contributed by atoms with van der Waals surface area (Å²) in [5.41, 5.74) is 3.14. The van der Waals surface area contributed by atoms with Gasteiger partial charge in [0, 0.05) is 11.3 Å². The molecule has 0 aliphatic carbocycles. The molecule has 0 saturated carbocycles. The molecule has 1 fully saturated rings. The molecule has 1 aliphatic rings. The van der Waals surface area contributed by atoms with E-state index in [-0.39, 0.29) is 23.3 Å². The lowest BCUT2D eigenvalue weighted by atomic mass is 9.94. The van der Waals surface area contributed by atoms with Gasteiger partial charge in [-0.05, 0) is 60.9 Å². The molecular weight excluding hydrogens is 449 g/mol. The summed E-state index contributed by atoms with van der Waals surface area (Å²) in [6.45, 7) is 3.44. The highest BCUT2D eigenvalue weighted by molar-refractivity contribution is 6.51. The number of ketones is 1. The van der Waals surface area contributed by atoms with Crippen molar-refractivity contribution in [3.05, 3.63) is 106 Å². The van der Waals surface area contributed by atoms with Crippen molar-refractivity contribution in [3.63, 3.8) is 0 Å². The Bertz CT molecular complexity index is 1360. The molecule has 0 radical (unpaired) electrons. The fraction of sp³-hybridized carbons (Fsp3) is 0.179. The maximum atomic E-state index is 13.8. The molecule has 1 saturated heterocycles. The van der Waals surface area contributed by atoms with Crippen LogP contribution in [0.4, 0.5) is 10.1 Å². The Morgan fingerprint density at radius 3 is 2.37 bits per heavy atom. The Balaban J connectivity index is 1.86. The summed E-state index contributed by atoms with van der Waals surface area (Å²) in [6.07, 6.45) is 0.0703. The lowest BCUT2D eigenvalue weighted by molar-refractivity contribution is -0.139. The number of aryl methyl sites for hydroxylation is 2. The summed E-state index contributed by atoms with van der Waals surface area (Å²) in [7, 11) is 1.31. The number of aliphatic hydroxyl groups excluding tert-OH is 1. The zero-order chi connectivity index (χ0) is 25.3. The van der Waals surface area contributed by atoms with Crippen molar-refractivity contribution in [3.8, 4) is 0 Å². The van der Waals surface area contributed by atoms with Crippen molar-refractivity contribution < 1.29 is 28.6 Å². The molecule has 4 rings (SSSR count). The standard InChI is InChI=1S/C28H24FNO5/c1-16-5-4-6-19(13-16)25-24(26(32)20-9-12-22(29)17(2)14-20)27(33)28(34)30(25)21-10-7-18(8-11-21)15-23(31)35-3/h4-14,25,32H,15H2,1-3H3/b26-24-. The number of methoxy groups -OCH3 is 1. The predicted octanol–water partition coefficient (Wildman–Crippen LogP) is 4.78. The normalized spacial score (nSPS) is 17.0. The molecule has 35 heavy (non-hydrogen) atoms. The SMILES string of the molecule is COC(=O)Cc1ccc(N2C(=O)C(=O)/C(=C(\O)c3ccc(F)c(C)c3)C2c2cccc(C)c2)cc1. The van der Waals surface area contributed by atoms with E-state index in [9.17, 15) is 23.9 Å². The number of rotatable bonds is 5. The minimum atomic E-state index is -0.897. The van der Waals surface area contributed by atoms with Crippen LogP contribution < -0.4 is 4.90 Å². The number of carbonyl (C=O) groups is 3. The molecule has 6 nitrogen and oxygen atoms in total. The molecule has 1 aliphatic heterocycles. The van der Waals surface area contributed by atoms with E-state index < -0.39 is 29.5 Å². The summed E-state index contributed by atoms with van der Waals surface area (Å²) in [5.74, 6) is -2.84. The van der Waals surface area contributed by atoms with Gasteiger partial charge in [-0.25, -0.2) is 4.39 Å². The van der Waals surface area contributed by atoms with Crippen LogP contribution in [-0.4, -0.2) is 29.9 Å². The molecule has 0 bridgehead atoms. The number of carbonyl (C=O) groups excluding carboxylic acids is 3. The first-order valence-electron chi connectivity index (χ1n) is 11.0. The number of hydrogen-bond donors (Lipinski definition) is 1. The number of esters is 1. The molecule has 1 amide bonds. The van der Waals surface area contributed by atoms with Crippen LogP contribution in [0.1, 0.15) is 33.9 Å². The average molecular weight is 474 g/mol. The fourth-order valence-corrected chi connectivity index (χ4v) is 4.22. The first-order valence-corrected chi connectivity index (χ1v) is 11.0. The zero-order valence-corrected chi connectivity index (χ0v) is 19.5. The van der Waals surface area contributed by atoms with Gasteiger partial charge in [-0.2, -0.15) is 0 Å². The second-order valence-electron chi connectivity index (χ2n) is 8.47. The number of Topliss-reactive ketones (excluding diaryl/α,β-unsaturated/α-hetero) is 1. The van der Waals surface area contributed by atoms with Crippen molar-refractivity contribution in [2.45, 2.75) is 26.3 Å². The number of aliphatic hydroxyl groups is 1. The van der Waals surface area contributed by atoms with Crippen molar-refractivity contribution in [2.75, 3.05) is 12.0 Å². The van der Waals surface area contributed by atoms with Crippen LogP contribution in [-0.2, 0) is 25.5 Å². The van der Waals surface area contributed by atoms with E-state index in [1.165, 1.54) is 30.2 Å². The zero-order valence-electron chi connectivity index (χ0n) is 19.5. The van der Waals surface area contributed by atoms with E-state index in [2.05, 4.69) is 0 Å². The van der Waals surface area contributed by atoms with Gasteiger partial charge in [0.2, 0.25) is 0 Å². The number of nitrogens with zero attached hydrogens (tertiary/aromatic N) is 1. The highest BCUT2D eigenvalue weighted by Crippen LogP contribution is 2.42. The van der Waals surface area contributed by atoms with Gasteiger partial charge in [-0.15, -0.1) is 0 Å². The Hall–Kier alpha value is -4.26. The van der Waals surface area contributed by atoms with Gasteiger partial charge in [0.15, 0.2) is 0 Å². The van der Waals surface area contributed by atoms with Gasteiger partial charge in [0.1, 0.15) is 11.6 Å². The van der Waals surface area contributed by atoms with E-state index in [1.807, 2.05) is 25.1 Å². The third kappa shape index (κ3) is 4.57. The fourth-order valence-electron chi connectivity index (χ4n) is 4.22. The van der Waals surface area contributed by atoms with Gasteiger partial charge in [-0.3, -0.25) is 19.3 Å². The Morgan fingerprint density at radius 2 is 1.74 bits per heavy atom. The highest BCUT2D eigenvalue weighted by atomic mass is 19.1. The molecule has 1 heterocycles. The number of ether oxygens (including phenoxy) is 1. The van der Waals surface area contributed by atoms with Crippen molar-refractivity contribution >= 4 is 29.1 Å². The van der Waals surface area contributed by atoms with Gasteiger partial charge < -0.3 is 9.84 Å². The van der Waals surface area contributed by atoms with Crippen LogP contribution in [0.3, 0.4) is 0 Å². The third-order valence-corrected chi connectivity index (χ3v) is 6.02. The van der Waals surface area contributed by atoms with E-state index >= 15 is 0 Å². The lowest BCUT2D eigenvalue weighted by Gasteiger charge is -2.26. The topological polar surface area (TPSA) is 83.9 Å². The summed E-state index contributed by atoms with van der Waals surface area (Å²) in [5, 5.41) is 11.2. The monoisotopic (exact) mass is 473 g/mol. The number of halogens is 1. The average Bonchev–Trinajstić information content (AvgIpc) is 3.11. The van der Waals surface area contributed by atoms with Crippen molar-refractivity contribution in [2.24, 2.45) is 0 Å². The molecule has 3 aromatic rings. The van der Waals surface area contributed by atoms with E-state index in [0.29, 0.717) is 22.4 Å². The molecule has 7 heteroatoms. The van der Waals surface area contributed by atoms with E-state index in [1.54, 1.807) is 37.3 Å². The molecule has 178 valence electrons. The number of anilines is 1. The summed E-state index contributed by atoms with van der Waals surface area (Å²) >= 11 is 0. The van der Waals surface area contributed by atoms with Crippen molar-refractivity contribution in [1.82, 2.24) is 0 Å². The predicted molar refractivity (Wildman–Crippen MR) is 129 cm³/mol. The minimum Gasteiger partial charge on any atom is -0.507 e. The Morgan fingerprint density at radius 1 is 1.03 bits per heavy atom. The molecule has 0 spiro atoms. The molecule has 0 aromatic heterocycles. The number of amides is 1. The van der Waals surface area contributed by atoms with Gasteiger partial charge >= 0.3 is 5.97 Å². The first kappa shape index (κ1) is 23.9. The molecule has 1 atom stereocenters. The largest absolute Gasteiger partial charge is 0.507 e. The first-order chi connectivity index (χ1) is 16.7. The number of hydrogen-bond acceptors (Lipinski definition) is 5. The van der Waals surface area contributed by atoms with E-state index in [4.69, 9.17) is 4.74 Å². The quantitative estimate of drug-likeness (QED) is 0.249. The second-order valence-corrected chi connectivity index (χ2v) is 8.47. The molecule has 1 unspecified atom stereocenters. The highest BCUT2D eigenvalue weighted by Gasteiger charge is 2.47. The minimum absolute atomic E-state index is 0.0703. The van der Waals surface area contributed by atoms with Crippen LogP contribution >= 0.6 is 0 Å².